The summed E-state index contributed by atoms with van der Waals surface area (Å²) in [7, 11) is 1.62. The van der Waals surface area contributed by atoms with Gasteiger partial charge in [-0.1, -0.05) is 25.7 Å². The fourth-order valence-corrected chi connectivity index (χ4v) is 3.14. The van der Waals surface area contributed by atoms with Crippen LogP contribution < -0.4 is 10.1 Å². The van der Waals surface area contributed by atoms with Crippen molar-refractivity contribution < 1.29 is 9.53 Å². The van der Waals surface area contributed by atoms with Crippen molar-refractivity contribution in [1.82, 2.24) is 25.5 Å². The lowest BCUT2D eigenvalue weighted by atomic mass is 10.0. The van der Waals surface area contributed by atoms with Crippen LogP contribution in [0.15, 0.2) is 24.3 Å². The van der Waals surface area contributed by atoms with Gasteiger partial charge in [-0.15, -0.1) is 5.10 Å². The number of rotatable bonds is 7. The van der Waals surface area contributed by atoms with E-state index in [1.807, 2.05) is 24.3 Å². The van der Waals surface area contributed by atoms with Gasteiger partial charge in [-0.2, -0.15) is 4.68 Å². The Labute approximate surface area is 141 Å². The maximum absolute atomic E-state index is 12.0. The average Bonchev–Trinajstić information content (AvgIpc) is 3.29. The van der Waals surface area contributed by atoms with Crippen LogP contribution in [0.5, 0.6) is 5.75 Å². The Hall–Kier alpha value is -2.44. The number of nitrogens with zero attached hydrogens (tertiary/aromatic N) is 4. The van der Waals surface area contributed by atoms with Gasteiger partial charge in [0, 0.05) is 6.42 Å². The van der Waals surface area contributed by atoms with Gasteiger partial charge in [0.15, 0.2) is 5.82 Å². The number of aromatic nitrogens is 4. The Bertz CT molecular complexity index is 662. The van der Waals surface area contributed by atoms with E-state index in [4.69, 9.17) is 4.74 Å². The van der Waals surface area contributed by atoms with Gasteiger partial charge in [-0.3, -0.25) is 4.79 Å². The van der Waals surface area contributed by atoms with E-state index >= 15 is 0 Å². The molecule has 1 aliphatic rings. The van der Waals surface area contributed by atoms with Crippen molar-refractivity contribution in [2.45, 2.75) is 45.1 Å². The minimum Gasteiger partial charge on any atom is -0.497 e. The van der Waals surface area contributed by atoms with Crippen molar-refractivity contribution in [3.63, 3.8) is 0 Å². The van der Waals surface area contributed by atoms with Gasteiger partial charge in [0.1, 0.15) is 5.75 Å². The van der Waals surface area contributed by atoms with Crippen LogP contribution in [0, 0.1) is 5.92 Å². The number of hydrogen-bond donors (Lipinski definition) is 1. The van der Waals surface area contributed by atoms with Crippen LogP contribution in [0.1, 0.15) is 44.3 Å². The molecule has 0 saturated heterocycles. The van der Waals surface area contributed by atoms with Crippen LogP contribution in [0.2, 0.25) is 0 Å². The molecule has 3 rings (SSSR count). The second-order valence-electron chi connectivity index (χ2n) is 6.17. The predicted octanol–water partition coefficient (Wildman–Crippen LogP) is 2.26. The molecule has 0 spiro atoms. The Kier molecular flexibility index (Phi) is 5.40. The fraction of sp³-hybridized carbons (Fsp3) is 0.529. The van der Waals surface area contributed by atoms with Gasteiger partial charge in [0.05, 0.1) is 19.3 Å². The van der Waals surface area contributed by atoms with Crippen molar-refractivity contribution in [3.05, 3.63) is 30.1 Å². The van der Waals surface area contributed by atoms with E-state index in [1.54, 1.807) is 11.8 Å². The van der Waals surface area contributed by atoms with Crippen LogP contribution in [0.25, 0.3) is 5.69 Å². The Balaban J connectivity index is 1.53. The number of hydrogen-bond acceptors (Lipinski definition) is 5. The largest absolute Gasteiger partial charge is 0.497 e. The summed E-state index contributed by atoms with van der Waals surface area (Å²) in [6, 6.07) is 7.45. The first kappa shape index (κ1) is 16.4. The van der Waals surface area contributed by atoms with Crippen molar-refractivity contribution in [1.29, 1.82) is 0 Å². The Morgan fingerprint density at radius 2 is 2.04 bits per heavy atom. The molecule has 1 N–H and O–H groups in total. The summed E-state index contributed by atoms with van der Waals surface area (Å²) in [6.45, 7) is 0.322. The topological polar surface area (TPSA) is 81.9 Å². The van der Waals surface area contributed by atoms with Gasteiger partial charge < -0.3 is 10.1 Å². The third-order valence-electron chi connectivity index (χ3n) is 4.55. The van der Waals surface area contributed by atoms with Gasteiger partial charge in [0.25, 0.3) is 0 Å². The highest BCUT2D eigenvalue weighted by molar-refractivity contribution is 5.75. The number of carbonyl (C=O) groups is 1. The number of nitrogens with one attached hydrogen (secondary N) is 1. The zero-order chi connectivity index (χ0) is 16.8. The molecular formula is C17H23N5O2. The first-order valence-corrected chi connectivity index (χ1v) is 8.44. The summed E-state index contributed by atoms with van der Waals surface area (Å²) in [5, 5.41) is 14.6. The molecule has 0 radical (unpaired) electrons. The van der Waals surface area contributed by atoms with Crippen molar-refractivity contribution >= 4 is 5.91 Å². The zero-order valence-electron chi connectivity index (χ0n) is 13.9. The molecule has 7 nitrogen and oxygen atoms in total. The molecule has 1 fully saturated rings. The number of amides is 1. The highest BCUT2D eigenvalue weighted by atomic mass is 16.5. The molecule has 1 amide bonds. The second-order valence-corrected chi connectivity index (χ2v) is 6.17. The molecule has 1 aromatic heterocycles. The molecular weight excluding hydrogens is 306 g/mol. The first-order chi connectivity index (χ1) is 11.8. The van der Waals surface area contributed by atoms with Crippen LogP contribution >= 0.6 is 0 Å². The van der Waals surface area contributed by atoms with E-state index in [1.165, 1.54) is 25.7 Å². The molecule has 1 aromatic carbocycles. The van der Waals surface area contributed by atoms with Crippen LogP contribution in [0.3, 0.4) is 0 Å². The molecule has 24 heavy (non-hydrogen) atoms. The van der Waals surface area contributed by atoms with Crippen molar-refractivity contribution in [2.24, 2.45) is 5.92 Å². The number of tetrazole rings is 1. The lowest BCUT2D eigenvalue weighted by Crippen LogP contribution is -2.25. The smallest absolute Gasteiger partial charge is 0.220 e. The van der Waals surface area contributed by atoms with E-state index in [0.29, 0.717) is 18.8 Å². The lowest BCUT2D eigenvalue weighted by Gasteiger charge is -2.09. The molecule has 128 valence electrons. The quantitative estimate of drug-likeness (QED) is 0.842. The summed E-state index contributed by atoms with van der Waals surface area (Å²) >= 11 is 0. The van der Waals surface area contributed by atoms with Crippen molar-refractivity contribution in [2.75, 3.05) is 7.11 Å². The molecule has 1 heterocycles. The summed E-state index contributed by atoms with van der Waals surface area (Å²) in [6.07, 6.45) is 6.71. The molecule has 0 atom stereocenters. The third-order valence-corrected chi connectivity index (χ3v) is 4.55. The van der Waals surface area contributed by atoms with Gasteiger partial charge in [-0.25, -0.2) is 0 Å². The molecule has 0 aliphatic heterocycles. The van der Waals surface area contributed by atoms with E-state index in [9.17, 15) is 4.79 Å². The monoisotopic (exact) mass is 329 g/mol. The number of methoxy groups -OCH3 is 1. The third kappa shape index (κ3) is 4.10. The normalized spacial score (nSPS) is 14.7. The first-order valence-electron chi connectivity index (χ1n) is 8.44. The molecule has 7 heteroatoms. The molecule has 1 aliphatic carbocycles. The van der Waals surface area contributed by atoms with Crippen molar-refractivity contribution in [3.8, 4) is 11.4 Å². The second kappa shape index (κ2) is 7.90. The maximum Gasteiger partial charge on any atom is 0.220 e. The van der Waals surface area contributed by atoms with E-state index in [-0.39, 0.29) is 5.91 Å². The number of ether oxygens (including phenoxy) is 1. The minimum atomic E-state index is 0.0613. The summed E-state index contributed by atoms with van der Waals surface area (Å²) < 4.78 is 6.77. The average molecular weight is 329 g/mol. The number of benzene rings is 1. The van der Waals surface area contributed by atoms with Crippen LogP contribution in [0.4, 0.5) is 0 Å². The Morgan fingerprint density at radius 3 is 2.75 bits per heavy atom. The maximum atomic E-state index is 12.0. The van der Waals surface area contributed by atoms with E-state index < -0.39 is 0 Å². The fourth-order valence-electron chi connectivity index (χ4n) is 3.14. The van der Waals surface area contributed by atoms with E-state index in [0.717, 1.165) is 23.8 Å². The summed E-state index contributed by atoms with van der Waals surface area (Å²) in [4.78, 5) is 12.0. The van der Waals surface area contributed by atoms with Crippen LogP contribution in [-0.4, -0.2) is 33.2 Å². The van der Waals surface area contributed by atoms with Crippen LogP contribution in [-0.2, 0) is 11.3 Å². The minimum absolute atomic E-state index is 0.0613. The zero-order valence-corrected chi connectivity index (χ0v) is 13.9. The lowest BCUT2D eigenvalue weighted by molar-refractivity contribution is -0.121. The standard InChI is InChI=1S/C17H23N5O2/c1-24-15-9-7-14(8-10-15)22-16(19-20-21-22)12-18-17(23)11-6-13-4-2-3-5-13/h7-10,13H,2-6,11-12H2,1H3,(H,18,23). The van der Waals surface area contributed by atoms with E-state index in [2.05, 4.69) is 20.8 Å². The molecule has 0 unspecified atom stereocenters. The molecule has 1 saturated carbocycles. The SMILES string of the molecule is COc1ccc(-n2nnnc2CNC(=O)CCC2CCCC2)cc1. The summed E-state index contributed by atoms with van der Waals surface area (Å²) in [5.74, 6) is 2.16. The molecule has 0 bridgehead atoms. The summed E-state index contributed by atoms with van der Waals surface area (Å²) in [5.41, 5.74) is 0.830. The predicted molar refractivity (Wildman–Crippen MR) is 88.7 cm³/mol. The molecule has 2 aromatic rings. The van der Waals surface area contributed by atoms with Gasteiger partial charge >= 0.3 is 0 Å². The van der Waals surface area contributed by atoms with Gasteiger partial charge in [0.2, 0.25) is 5.91 Å². The van der Waals surface area contributed by atoms with Gasteiger partial charge in [-0.05, 0) is 47.0 Å². The Morgan fingerprint density at radius 1 is 1.29 bits per heavy atom. The highest BCUT2D eigenvalue weighted by Gasteiger charge is 2.16. The highest BCUT2D eigenvalue weighted by Crippen LogP contribution is 2.28. The number of carbonyl (C=O) groups excluding carboxylic acids is 1.